The molecule has 0 aliphatic heterocycles. The summed E-state index contributed by atoms with van der Waals surface area (Å²) in [5, 5.41) is 13.6. The summed E-state index contributed by atoms with van der Waals surface area (Å²) in [6.07, 6.45) is 0. The molecule has 0 aromatic heterocycles. The SMILES string of the molecule is O=[N+]([O-])O.[O]=[Zr]. The molecule has 0 heterocycles. The van der Waals surface area contributed by atoms with Gasteiger partial charge in [-0.05, 0) is 0 Å². The number of rotatable bonds is 0. The van der Waals surface area contributed by atoms with Crippen molar-refractivity contribution in [2.24, 2.45) is 0 Å². The van der Waals surface area contributed by atoms with Crippen LogP contribution in [0.2, 0.25) is 0 Å². The van der Waals surface area contributed by atoms with Crippen LogP contribution in [0.25, 0.3) is 0 Å². The van der Waals surface area contributed by atoms with Crippen LogP contribution in [0.1, 0.15) is 0 Å². The van der Waals surface area contributed by atoms with Gasteiger partial charge in [0, 0.05) is 0 Å². The summed E-state index contributed by atoms with van der Waals surface area (Å²) < 4.78 is 8.34. The normalized spacial score (nSPS) is 4.50. The van der Waals surface area contributed by atoms with Crippen molar-refractivity contribution in [2.45, 2.75) is 0 Å². The molecule has 0 saturated heterocycles. The summed E-state index contributed by atoms with van der Waals surface area (Å²) in [5.74, 6) is 0. The fraction of sp³-hybridized carbons (Fsp3) is 0. The van der Waals surface area contributed by atoms with Gasteiger partial charge in [0.15, 0.2) is 0 Å². The average Bonchev–Trinajstić information content (AvgIpc) is 1.41. The van der Waals surface area contributed by atoms with Crippen molar-refractivity contribution in [2.75, 3.05) is 0 Å². The minimum absolute atomic E-state index is 0.300. The van der Waals surface area contributed by atoms with E-state index in [2.05, 4.69) is 0 Å². The summed E-state index contributed by atoms with van der Waals surface area (Å²) in [5.41, 5.74) is 0. The molecule has 0 atom stereocenters. The second kappa shape index (κ2) is 8.86. The second-order valence-corrected chi connectivity index (χ2v) is 0.238. The Kier molecular flexibility index (Phi) is 13.7. The molecular weight excluding hydrogens is 169 g/mol. The molecule has 0 rings (SSSR count). The number of hydrogen-bond acceptors (Lipinski definition) is 3. The second-order valence-electron chi connectivity index (χ2n) is 0.238. The zero-order valence-electron chi connectivity index (χ0n) is 2.62. The van der Waals surface area contributed by atoms with E-state index in [1.54, 1.807) is 0 Å². The third-order valence-electron chi connectivity index (χ3n) is 0. The first-order valence-corrected chi connectivity index (χ1v) is 1.77. The molecule has 34 valence electrons. The van der Waals surface area contributed by atoms with Gasteiger partial charge in [-0.25, -0.2) is 0 Å². The van der Waals surface area contributed by atoms with Crippen LogP contribution in [0, 0.1) is 10.1 Å². The van der Waals surface area contributed by atoms with Crippen LogP contribution in [0.15, 0.2) is 0 Å². The number of nitrogens with zero attached hydrogens (tertiary/aromatic N) is 1. The van der Waals surface area contributed by atoms with Gasteiger partial charge in [-0.2, -0.15) is 0 Å². The van der Waals surface area contributed by atoms with Gasteiger partial charge >= 0.3 is 27.5 Å². The molecule has 0 aromatic carbocycles. The first-order chi connectivity index (χ1) is 2.73. The van der Waals surface area contributed by atoms with E-state index in [0.29, 0.717) is 24.7 Å². The Hall–Kier alpha value is -0.117. The third-order valence-corrected chi connectivity index (χ3v) is 0. The van der Waals surface area contributed by atoms with Crippen LogP contribution < -0.4 is 0 Å². The van der Waals surface area contributed by atoms with Gasteiger partial charge in [0.2, 0.25) is 0 Å². The number of hydrogen-bond donors (Lipinski definition) is 1. The Balaban J connectivity index is 0. The van der Waals surface area contributed by atoms with E-state index in [4.69, 9.17) is 18.1 Å². The molecule has 0 aliphatic carbocycles. The molecule has 6 heavy (non-hydrogen) atoms. The van der Waals surface area contributed by atoms with Crippen LogP contribution in [0.3, 0.4) is 0 Å². The molecule has 0 aromatic rings. The fourth-order valence-electron chi connectivity index (χ4n) is 0. The minimum atomic E-state index is -1.50. The van der Waals surface area contributed by atoms with Gasteiger partial charge in [0.05, 0.1) is 0 Å². The van der Waals surface area contributed by atoms with Gasteiger partial charge in [0.1, 0.15) is 0 Å². The van der Waals surface area contributed by atoms with E-state index < -0.39 is 5.09 Å². The van der Waals surface area contributed by atoms with Crippen molar-refractivity contribution in [3.8, 4) is 0 Å². The van der Waals surface area contributed by atoms with Crippen LogP contribution in [-0.4, -0.2) is 10.3 Å². The Labute approximate surface area is 48.4 Å². The maximum absolute atomic E-state index is 8.36. The van der Waals surface area contributed by atoms with Crippen molar-refractivity contribution in [1.29, 1.82) is 0 Å². The molecule has 0 unspecified atom stereocenters. The summed E-state index contributed by atoms with van der Waals surface area (Å²) in [7, 11) is 0. The Bertz CT molecular complexity index is 38.8. The Morgan fingerprint density at radius 3 is 1.67 bits per heavy atom. The van der Waals surface area contributed by atoms with Crippen LogP contribution in [0.5, 0.6) is 0 Å². The molecule has 0 amide bonds. The van der Waals surface area contributed by atoms with E-state index in [1.807, 2.05) is 0 Å². The van der Waals surface area contributed by atoms with Crippen molar-refractivity contribution >= 4 is 0 Å². The predicted octanol–water partition coefficient (Wildman–Crippen LogP) is -0.469. The van der Waals surface area contributed by atoms with E-state index in [9.17, 15) is 0 Å². The molecule has 6 heteroatoms. The van der Waals surface area contributed by atoms with Gasteiger partial charge in [0.25, 0.3) is 5.09 Å². The summed E-state index contributed by atoms with van der Waals surface area (Å²) in [4.78, 5) is 8.36. The molecule has 0 radical (unpaired) electrons. The van der Waals surface area contributed by atoms with E-state index in [-0.39, 0.29) is 0 Å². The Morgan fingerprint density at radius 1 is 1.67 bits per heavy atom. The molecule has 1 N–H and O–H groups in total. The maximum atomic E-state index is 8.36. The first-order valence-electron chi connectivity index (χ1n) is 0.769. The van der Waals surface area contributed by atoms with E-state index >= 15 is 0 Å². The van der Waals surface area contributed by atoms with Gasteiger partial charge < -0.3 is 5.21 Å². The average molecular weight is 170 g/mol. The summed E-state index contributed by atoms with van der Waals surface area (Å²) in [6, 6.07) is 0. The molecule has 0 spiro atoms. The predicted molar refractivity (Wildman–Crippen MR) is 9.47 cm³/mol. The molecule has 0 fully saturated rings. The topological polar surface area (TPSA) is 80.4 Å². The molecule has 5 nitrogen and oxygen atoms in total. The monoisotopic (exact) mass is 169 g/mol. The van der Waals surface area contributed by atoms with Crippen molar-refractivity contribution in [1.82, 2.24) is 0 Å². The molecule has 0 aliphatic rings. The van der Waals surface area contributed by atoms with Crippen LogP contribution in [0.4, 0.5) is 0 Å². The first kappa shape index (κ1) is 9.30. The van der Waals surface area contributed by atoms with Gasteiger partial charge in [-0.3, -0.25) is 0 Å². The van der Waals surface area contributed by atoms with Gasteiger partial charge in [-0.15, -0.1) is 10.1 Å². The summed E-state index contributed by atoms with van der Waals surface area (Å²) >= 11 is 0.300. The molecule has 0 saturated carbocycles. The van der Waals surface area contributed by atoms with Gasteiger partial charge in [-0.1, -0.05) is 0 Å². The molecular formula is HNO4Zr. The fourth-order valence-corrected chi connectivity index (χ4v) is 0. The molecule has 0 bridgehead atoms. The van der Waals surface area contributed by atoms with Crippen molar-refractivity contribution in [3.63, 3.8) is 0 Å². The van der Waals surface area contributed by atoms with Crippen LogP contribution in [-0.2, 0) is 27.5 Å². The van der Waals surface area contributed by atoms with Crippen molar-refractivity contribution in [3.05, 3.63) is 10.1 Å². The zero-order chi connectivity index (χ0) is 5.58. The van der Waals surface area contributed by atoms with Crippen molar-refractivity contribution < 1.29 is 37.8 Å². The van der Waals surface area contributed by atoms with E-state index in [0.717, 1.165) is 0 Å². The quantitative estimate of drug-likeness (QED) is 0.393. The standard InChI is InChI=1S/HNO3.O.Zr/c2-1(3)4;;/h(H,2,3,4);;. The summed E-state index contributed by atoms with van der Waals surface area (Å²) in [6.45, 7) is 0. The van der Waals surface area contributed by atoms with Crippen LogP contribution >= 0.6 is 0 Å². The third kappa shape index (κ3) is 2360. The Morgan fingerprint density at radius 2 is 1.67 bits per heavy atom. The zero-order valence-corrected chi connectivity index (χ0v) is 5.08. The van der Waals surface area contributed by atoms with E-state index in [1.165, 1.54) is 0 Å².